The Morgan fingerprint density at radius 1 is 1.15 bits per heavy atom. The number of benzene rings is 2. The number of nitrogens with zero attached hydrogens (tertiary/aromatic N) is 8. The van der Waals surface area contributed by atoms with E-state index in [2.05, 4.69) is 31.3 Å². The molecule has 40 heavy (non-hydrogen) atoms. The van der Waals surface area contributed by atoms with E-state index >= 15 is 4.39 Å². The van der Waals surface area contributed by atoms with Crippen LogP contribution in [0.5, 0.6) is 0 Å². The van der Waals surface area contributed by atoms with E-state index < -0.39 is 0 Å². The Kier molecular flexibility index (Phi) is 6.55. The van der Waals surface area contributed by atoms with Gasteiger partial charge in [0.15, 0.2) is 17.3 Å². The van der Waals surface area contributed by atoms with Crippen molar-refractivity contribution in [2.75, 3.05) is 25.4 Å². The van der Waals surface area contributed by atoms with Crippen LogP contribution in [0, 0.1) is 17.1 Å². The van der Waals surface area contributed by atoms with Crippen LogP contribution in [-0.2, 0) is 17.8 Å². The minimum absolute atomic E-state index is 0.0532. The maximum absolute atomic E-state index is 15.2. The van der Waals surface area contributed by atoms with Crippen molar-refractivity contribution in [3.8, 4) is 28.7 Å². The monoisotopic (exact) mass is 534 g/mol. The summed E-state index contributed by atoms with van der Waals surface area (Å²) < 4.78 is 16.7. The Labute approximate surface area is 228 Å². The molecule has 0 atom stereocenters. The molecule has 0 aliphatic carbocycles. The van der Waals surface area contributed by atoms with E-state index in [0.29, 0.717) is 64.9 Å². The van der Waals surface area contributed by atoms with Gasteiger partial charge in [-0.15, -0.1) is 0 Å². The minimum Gasteiger partial charge on any atom is -0.381 e. The summed E-state index contributed by atoms with van der Waals surface area (Å²) in [5.41, 5.74) is 10.5. The summed E-state index contributed by atoms with van der Waals surface area (Å²) in [6, 6.07) is 15.8. The van der Waals surface area contributed by atoms with Crippen LogP contribution in [0.4, 0.5) is 10.2 Å². The van der Waals surface area contributed by atoms with Gasteiger partial charge in [-0.05, 0) is 35.4 Å². The fourth-order valence-corrected chi connectivity index (χ4v) is 4.85. The van der Waals surface area contributed by atoms with Crippen molar-refractivity contribution >= 4 is 17.4 Å². The van der Waals surface area contributed by atoms with Crippen LogP contribution in [-0.4, -0.2) is 60.0 Å². The number of piperazine rings is 1. The molecule has 0 unspecified atom stereocenters. The average molecular weight is 535 g/mol. The molecule has 1 amide bonds. The van der Waals surface area contributed by atoms with Gasteiger partial charge in [0.25, 0.3) is 0 Å². The van der Waals surface area contributed by atoms with Gasteiger partial charge in [0, 0.05) is 37.8 Å². The normalized spacial score (nSPS) is 13.8. The van der Waals surface area contributed by atoms with Crippen molar-refractivity contribution in [3.63, 3.8) is 0 Å². The summed E-state index contributed by atoms with van der Waals surface area (Å²) >= 11 is 0. The summed E-state index contributed by atoms with van der Waals surface area (Å²) in [6.07, 6.45) is 3.12. The number of fused-ring (bicyclic) bond motifs is 1. The third-order valence-electron chi connectivity index (χ3n) is 6.70. The second-order valence-electron chi connectivity index (χ2n) is 9.36. The summed E-state index contributed by atoms with van der Waals surface area (Å²) in [4.78, 5) is 31.5. The number of anilines is 1. The van der Waals surface area contributed by atoms with Gasteiger partial charge >= 0.3 is 0 Å². The second-order valence-corrected chi connectivity index (χ2v) is 9.36. The molecule has 3 N–H and O–H groups in total. The van der Waals surface area contributed by atoms with E-state index in [1.807, 2.05) is 17.0 Å². The fraction of sp³-hybridized carbons (Fsp3) is 0.179. The van der Waals surface area contributed by atoms with Gasteiger partial charge in [-0.25, -0.2) is 28.8 Å². The molecule has 1 aliphatic rings. The molecule has 0 spiro atoms. The minimum atomic E-state index is -0.381. The molecule has 0 bridgehead atoms. The number of carbonyl (C=O) groups is 1. The first-order chi connectivity index (χ1) is 19.5. The SMILES string of the molecule is N#Cc1cccc(-c2nc(N)c3nc(Cc4c(F)cccc4CN4CCNC(=O)C4)nn3c2-c2ccncn2)c1. The van der Waals surface area contributed by atoms with Gasteiger partial charge in [0.05, 0.1) is 23.9 Å². The van der Waals surface area contributed by atoms with E-state index in [1.54, 1.807) is 41.0 Å². The van der Waals surface area contributed by atoms with Crippen molar-refractivity contribution in [1.29, 1.82) is 5.26 Å². The van der Waals surface area contributed by atoms with Crippen molar-refractivity contribution in [3.05, 3.63) is 89.4 Å². The molecule has 198 valence electrons. The third-order valence-corrected chi connectivity index (χ3v) is 6.70. The Hall–Kier alpha value is -5.28. The molecule has 1 aliphatic heterocycles. The van der Waals surface area contributed by atoms with E-state index in [4.69, 9.17) is 10.8 Å². The molecule has 2 aromatic carbocycles. The maximum Gasteiger partial charge on any atom is 0.234 e. The average Bonchev–Trinajstić information content (AvgIpc) is 3.40. The molecule has 0 radical (unpaired) electrons. The zero-order valence-corrected chi connectivity index (χ0v) is 21.3. The Bertz CT molecular complexity index is 1780. The lowest BCUT2D eigenvalue weighted by molar-refractivity contribution is -0.124. The molecule has 6 rings (SSSR count). The zero-order valence-electron chi connectivity index (χ0n) is 21.3. The number of nitrogens with one attached hydrogen (secondary N) is 1. The molecular weight excluding hydrogens is 511 g/mol. The van der Waals surface area contributed by atoms with Crippen LogP contribution in [0.1, 0.15) is 22.5 Å². The lowest BCUT2D eigenvalue weighted by atomic mass is 10.0. The molecule has 1 fully saturated rings. The summed E-state index contributed by atoms with van der Waals surface area (Å²) in [7, 11) is 0. The van der Waals surface area contributed by atoms with Crippen LogP contribution >= 0.6 is 0 Å². The Morgan fingerprint density at radius 2 is 2.02 bits per heavy atom. The summed E-state index contributed by atoms with van der Waals surface area (Å²) in [5.74, 6) is 0.0352. The topological polar surface area (TPSA) is 151 Å². The molecule has 4 heterocycles. The Morgan fingerprint density at radius 3 is 2.83 bits per heavy atom. The number of amides is 1. The molecule has 1 saturated heterocycles. The molecule has 11 nitrogen and oxygen atoms in total. The highest BCUT2D eigenvalue weighted by molar-refractivity contribution is 5.81. The number of rotatable bonds is 6. The number of halogens is 1. The van der Waals surface area contributed by atoms with Gasteiger partial charge in [0.1, 0.15) is 23.5 Å². The highest BCUT2D eigenvalue weighted by atomic mass is 19.1. The summed E-state index contributed by atoms with van der Waals surface area (Å²) in [6.45, 7) is 1.90. The number of hydrogen-bond acceptors (Lipinski definition) is 9. The van der Waals surface area contributed by atoms with Gasteiger partial charge < -0.3 is 11.1 Å². The predicted octanol–water partition coefficient (Wildman–Crippen LogP) is 2.36. The van der Waals surface area contributed by atoms with Crippen LogP contribution in [0.15, 0.2) is 61.1 Å². The Balaban J connectivity index is 1.46. The highest BCUT2D eigenvalue weighted by Gasteiger charge is 2.23. The van der Waals surface area contributed by atoms with E-state index in [9.17, 15) is 10.1 Å². The van der Waals surface area contributed by atoms with Gasteiger partial charge in [0.2, 0.25) is 5.91 Å². The largest absolute Gasteiger partial charge is 0.381 e. The molecule has 5 aromatic rings. The molecule has 0 saturated carbocycles. The first-order valence-electron chi connectivity index (χ1n) is 12.6. The van der Waals surface area contributed by atoms with Crippen LogP contribution in [0.2, 0.25) is 0 Å². The van der Waals surface area contributed by atoms with Gasteiger partial charge in [-0.2, -0.15) is 10.4 Å². The number of carbonyl (C=O) groups excluding carboxylic acids is 1. The van der Waals surface area contributed by atoms with Crippen LogP contribution < -0.4 is 11.1 Å². The summed E-state index contributed by atoms with van der Waals surface area (Å²) in [5, 5.41) is 17.0. The number of nitrogens with two attached hydrogens (primary N) is 1. The zero-order chi connectivity index (χ0) is 27.6. The number of nitriles is 1. The quantitative estimate of drug-likeness (QED) is 0.334. The predicted molar refractivity (Wildman–Crippen MR) is 144 cm³/mol. The smallest absolute Gasteiger partial charge is 0.234 e. The van der Waals surface area contributed by atoms with Crippen LogP contribution in [0.3, 0.4) is 0 Å². The number of hydrogen-bond donors (Lipinski definition) is 2. The standard InChI is InChI=1S/C28H23FN10O/c29-21-6-2-5-19(14-38-10-9-33-24(40)15-38)20(21)12-23-35-28-27(31)36-25(18-4-1-3-17(11-18)13-30)26(39(28)37-23)22-7-8-32-16-34-22/h1-8,11,16H,9-10,12,14-15H2,(H2,31,36)(H,33,40). The maximum atomic E-state index is 15.2. The molecule has 12 heteroatoms. The fourth-order valence-electron chi connectivity index (χ4n) is 4.85. The van der Waals surface area contributed by atoms with E-state index in [-0.39, 0.29) is 30.5 Å². The van der Waals surface area contributed by atoms with Gasteiger partial charge in [-0.3, -0.25) is 9.69 Å². The van der Waals surface area contributed by atoms with Crippen molar-refractivity contribution < 1.29 is 9.18 Å². The molecular formula is C28H23FN10O. The van der Waals surface area contributed by atoms with Crippen molar-refractivity contribution in [1.82, 2.24) is 39.8 Å². The third kappa shape index (κ3) is 4.81. The van der Waals surface area contributed by atoms with Crippen molar-refractivity contribution in [2.45, 2.75) is 13.0 Å². The van der Waals surface area contributed by atoms with E-state index in [1.165, 1.54) is 12.4 Å². The lowest BCUT2D eigenvalue weighted by Gasteiger charge is -2.27. The number of aromatic nitrogens is 6. The first-order valence-corrected chi connectivity index (χ1v) is 12.6. The second kappa shape index (κ2) is 10.5. The highest BCUT2D eigenvalue weighted by Crippen LogP contribution is 2.32. The lowest BCUT2D eigenvalue weighted by Crippen LogP contribution is -2.47. The number of nitrogen functional groups attached to an aromatic ring is 1. The van der Waals surface area contributed by atoms with Gasteiger partial charge in [-0.1, -0.05) is 24.3 Å². The van der Waals surface area contributed by atoms with Crippen LogP contribution in [0.25, 0.3) is 28.3 Å². The van der Waals surface area contributed by atoms with E-state index in [0.717, 1.165) is 5.56 Å². The van der Waals surface area contributed by atoms with Crippen molar-refractivity contribution in [2.24, 2.45) is 0 Å². The first kappa shape index (κ1) is 25.0. The molecule has 3 aromatic heterocycles.